The molecule has 4 nitrogen and oxygen atoms in total. The van der Waals surface area contributed by atoms with Crippen LogP contribution >= 0.6 is 11.6 Å². The first-order valence-corrected chi connectivity index (χ1v) is 6.50. The van der Waals surface area contributed by atoms with Crippen molar-refractivity contribution in [1.82, 2.24) is 15.3 Å². The predicted octanol–water partition coefficient (Wildman–Crippen LogP) is 2.41. The highest BCUT2D eigenvalue weighted by Gasteiger charge is 2.17. The fourth-order valence-corrected chi connectivity index (χ4v) is 2.29. The van der Waals surface area contributed by atoms with Gasteiger partial charge in [0.05, 0.1) is 11.0 Å². The van der Waals surface area contributed by atoms with E-state index in [4.69, 9.17) is 16.3 Å². The van der Waals surface area contributed by atoms with E-state index in [0.29, 0.717) is 11.0 Å². The molecule has 1 aromatic carbocycles. The van der Waals surface area contributed by atoms with Gasteiger partial charge in [0.2, 0.25) is 0 Å². The summed E-state index contributed by atoms with van der Waals surface area (Å²) in [5.41, 5.74) is 1.60. The average molecular weight is 264 g/mol. The minimum absolute atomic E-state index is 0.180. The Labute approximate surface area is 110 Å². The number of rotatable bonds is 2. The standard InChI is InChI=1S/C13H14ClN3O/c14-12-13(18-9-5-7-15-8-6-9)17-11-4-2-1-3-10(11)16-12/h1-4,9,15H,5-8H2. The van der Waals surface area contributed by atoms with Crippen LogP contribution in [0.5, 0.6) is 5.88 Å². The normalized spacial score (nSPS) is 16.9. The van der Waals surface area contributed by atoms with Gasteiger partial charge in [-0.25, -0.2) is 9.97 Å². The van der Waals surface area contributed by atoms with E-state index in [1.54, 1.807) is 0 Å². The second-order valence-electron chi connectivity index (χ2n) is 4.38. The highest BCUT2D eigenvalue weighted by molar-refractivity contribution is 6.31. The molecule has 0 bridgehead atoms. The molecule has 3 rings (SSSR count). The van der Waals surface area contributed by atoms with Gasteiger partial charge in [-0.05, 0) is 38.1 Å². The fraction of sp³-hybridized carbons (Fsp3) is 0.385. The summed E-state index contributed by atoms with van der Waals surface area (Å²) in [5, 5.41) is 3.64. The Balaban J connectivity index is 1.88. The van der Waals surface area contributed by atoms with Gasteiger partial charge < -0.3 is 10.1 Å². The highest BCUT2D eigenvalue weighted by Crippen LogP contribution is 2.25. The molecular formula is C13H14ClN3O. The molecule has 18 heavy (non-hydrogen) atoms. The average Bonchev–Trinajstić information content (AvgIpc) is 2.41. The Hall–Kier alpha value is -1.39. The first-order chi connectivity index (χ1) is 8.83. The zero-order valence-electron chi connectivity index (χ0n) is 9.90. The number of piperidine rings is 1. The van der Waals surface area contributed by atoms with Gasteiger partial charge in [0, 0.05) is 0 Å². The first kappa shape index (κ1) is 11.7. The van der Waals surface area contributed by atoms with Crippen LogP contribution in [-0.4, -0.2) is 29.2 Å². The molecule has 0 unspecified atom stereocenters. The minimum Gasteiger partial charge on any atom is -0.472 e. The van der Waals surface area contributed by atoms with E-state index in [0.717, 1.165) is 37.0 Å². The number of fused-ring (bicyclic) bond motifs is 1. The van der Waals surface area contributed by atoms with E-state index in [1.165, 1.54) is 0 Å². The molecule has 0 aliphatic carbocycles. The van der Waals surface area contributed by atoms with Crippen molar-refractivity contribution < 1.29 is 4.74 Å². The number of hydrogen-bond donors (Lipinski definition) is 1. The Bertz CT molecular complexity index is 555. The molecule has 0 spiro atoms. The molecule has 1 aliphatic heterocycles. The van der Waals surface area contributed by atoms with Crippen LogP contribution in [0.2, 0.25) is 5.15 Å². The lowest BCUT2D eigenvalue weighted by Gasteiger charge is -2.23. The largest absolute Gasteiger partial charge is 0.472 e. The number of ether oxygens (including phenoxy) is 1. The Morgan fingerprint density at radius 3 is 2.50 bits per heavy atom. The zero-order valence-corrected chi connectivity index (χ0v) is 10.7. The summed E-state index contributed by atoms with van der Waals surface area (Å²) >= 11 is 6.11. The van der Waals surface area contributed by atoms with E-state index >= 15 is 0 Å². The van der Waals surface area contributed by atoms with Gasteiger partial charge in [-0.1, -0.05) is 23.7 Å². The van der Waals surface area contributed by atoms with Crippen LogP contribution in [0.15, 0.2) is 24.3 Å². The molecule has 5 heteroatoms. The van der Waals surface area contributed by atoms with Gasteiger partial charge in [0.25, 0.3) is 5.88 Å². The van der Waals surface area contributed by atoms with E-state index in [2.05, 4.69) is 15.3 Å². The van der Waals surface area contributed by atoms with Crippen LogP contribution in [-0.2, 0) is 0 Å². The van der Waals surface area contributed by atoms with Gasteiger partial charge in [-0.15, -0.1) is 0 Å². The zero-order chi connectivity index (χ0) is 12.4. The maximum Gasteiger partial charge on any atom is 0.253 e. The van der Waals surface area contributed by atoms with Crippen LogP contribution in [0.25, 0.3) is 11.0 Å². The number of para-hydroxylation sites is 2. The summed E-state index contributed by atoms with van der Waals surface area (Å²) in [6.45, 7) is 1.95. The van der Waals surface area contributed by atoms with Crippen molar-refractivity contribution in [2.75, 3.05) is 13.1 Å². The van der Waals surface area contributed by atoms with Gasteiger partial charge in [0.1, 0.15) is 6.10 Å². The maximum absolute atomic E-state index is 6.11. The SMILES string of the molecule is Clc1nc2ccccc2nc1OC1CCNCC1. The van der Waals surface area contributed by atoms with Crippen LogP contribution in [0.4, 0.5) is 0 Å². The van der Waals surface area contributed by atoms with Crippen LogP contribution in [0.1, 0.15) is 12.8 Å². The monoisotopic (exact) mass is 263 g/mol. The lowest BCUT2D eigenvalue weighted by molar-refractivity contribution is 0.156. The summed E-state index contributed by atoms with van der Waals surface area (Å²) in [6.07, 6.45) is 2.13. The Morgan fingerprint density at radius 2 is 1.78 bits per heavy atom. The number of nitrogens with zero attached hydrogens (tertiary/aromatic N) is 2. The third kappa shape index (κ3) is 2.40. The molecule has 1 aliphatic rings. The van der Waals surface area contributed by atoms with Crippen molar-refractivity contribution in [2.45, 2.75) is 18.9 Å². The molecule has 0 atom stereocenters. The number of hydrogen-bond acceptors (Lipinski definition) is 4. The Kier molecular flexibility index (Phi) is 3.30. The topological polar surface area (TPSA) is 47.0 Å². The van der Waals surface area contributed by atoms with E-state index in [-0.39, 0.29) is 6.10 Å². The molecule has 1 saturated heterocycles. The molecule has 2 aromatic rings. The molecule has 1 N–H and O–H groups in total. The number of halogens is 1. The maximum atomic E-state index is 6.11. The molecule has 2 heterocycles. The van der Waals surface area contributed by atoms with Crippen molar-refractivity contribution >= 4 is 22.6 Å². The minimum atomic E-state index is 0.180. The van der Waals surface area contributed by atoms with Crippen molar-refractivity contribution in [2.24, 2.45) is 0 Å². The van der Waals surface area contributed by atoms with Crippen molar-refractivity contribution in [1.29, 1.82) is 0 Å². The summed E-state index contributed by atoms with van der Waals surface area (Å²) in [4.78, 5) is 8.74. The lowest BCUT2D eigenvalue weighted by atomic mass is 10.1. The number of nitrogens with one attached hydrogen (secondary N) is 1. The van der Waals surface area contributed by atoms with Crippen molar-refractivity contribution in [3.05, 3.63) is 29.4 Å². The molecular weight excluding hydrogens is 250 g/mol. The molecule has 0 saturated carbocycles. The molecule has 1 fully saturated rings. The van der Waals surface area contributed by atoms with Crippen molar-refractivity contribution in [3.8, 4) is 5.88 Å². The number of aromatic nitrogens is 2. The van der Waals surface area contributed by atoms with E-state index < -0.39 is 0 Å². The summed E-state index contributed by atoms with van der Waals surface area (Å²) in [7, 11) is 0. The molecule has 1 aromatic heterocycles. The van der Waals surface area contributed by atoms with Crippen LogP contribution in [0.3, 0.4) is 0 Å². The number of benzene rings is 1. The van der Waals surface area contributed by atoms with Crippen LogP contribution < -0.4 is 10.1 Å². The van der Waals surface area contributed by atoms with Gasteiger partial charge in [0.15, 0.2) is 5.15 Å². The van der Waals surface area contributed by atoms with Gasteiger partial charge in [-0.3, -0.25) is 0 Å². The molecule has 94 valence electrons. The van der Waals surface area contributed by atoms with Gasteiger partial charge >= 0.3 is 0 Å². The smallest absolute Gasteiger partial charge is 0.253 e. The first-order valence-electron chi connectivity index (χ1n) is 6.12. The summed E-state index contributed by atoms with van der Waals surface area (Å²) in [6, 6.07) is 7.65. The molecule has 0 radical (unpaired) electrons. The molecule has 0 amide bonds. The quantitative estimate of drug-likeness (QED) is 0.904. The Morgan fingerprint density at radius 1 is 1.11 bits per heavy atom. The predicted molar refractivity (Wildman–Crippen MR) is 71.1 cm³/mol. The summed E-state index contributed by atoms with van der Waals surface area (Å²) in [5.74, 6) is 0.447. The lowest BCUT2D eigenvalue weighted by Crippen LogP contribution is -2.34. The van der Waals surface area contributed by atoms with Crippen molar-refractivity contribution in [3.63, 3.8) is 0 Å². The van der Waals surface area contributed by atoms with Crippen LogP contribution in [0, 0.1) is 0 Å². The third-order valence-corrected chi connectivity index (χ3v) is 3.31. The third-order valence-electron chi connectivity index (χ3n) is 3.06. The fourth-order valence-electron chi connectivity index (χ4n) is 2.11. The summed E-state index contributed by atoms with van der Waals surface area (Å²) < 4.78 is 5.85. The van der Waals surface area contributed by atoms with E-state index in [9.17, 15) is 0 Å². The second kappa shape index (κ2) is 5.08. The van der Waals surface area contributed by atoms with E-state index in [1.807, 2.05) is 24.3 Å². The van der Waals surface area contributed by atoms with Gasteiger partial charge in [-0.2, -0.15) is 0 Å². The second-order valence-corrected chi connectivity index (χ2v) is 4.73. The highest BCUT2D eigenvalue weighted by atomic mass is 35.5.